The fourth-order valence-electron chi connectivity index (χ4n) is 3.58. The van der Waals surface area contributed by atoms with Gasteiger partial charge < -0.3 is 14.4 Å². The van der Waals surface area contributed by atoms with E-state index in [-0.39, 0.29) is 18.4 Å². The maximum Gasteiger partial charge on any atom is 0.264 e. The van der Waals surface area contributed by atoms with Crippen molar-refractivity contribution in [1.29, 1.82) is 0 Å². The number of methoxy groups -OCH3 is 2. The molecule has 0 unspecified atom stereocenters. The van der Waals surface area contributed by atoms with Crippen molar-refractivity contribution in [3.05, 3.63) is 76.1 Å². The van der Waals surface area contributed by atoms with E-state index in [2.05, 4.69) is 10.3 Å². The summed E-state index contributed by atoms with van der Waals surface area (Å²) in [4.78, 5) is 32.6. The van der Waals surface area contributed by atoms with E-state index in [9.17, 15) is 9.59 Å². The van der Waals surface area contributed by atoms with Gasteiger partial charge in [-0.25, -0.2) is 4.98 Å². The minimum absolute atomic E-state index is 0.113. The number of thiophene rings is 1. The van der Waals surface area contributed by atoms with Gasteiger partial charge in [-0.1, -0.05) is 29.8 Å². The average Bonchev–Trinajstić information content (AvgIpc) is 3.58. The fraction of sp³-hybridized carbons (Fsp3) is 0.192. The second-order valence-corrected chi connectivity index (χ2v) is 9.13. The van der Waals surface area contributed by atoms with Gasteiger partial charge in [-0.15, -0.1) is 11.3 Å². The van der Waals surface area contributed by atoms with Crippen LogP contribution in [0.2, 0.25) is 5.02 Å². The first kappa shape index (κ1) is 25.3. The molecule has 0 spiro atoms. The molecule has 0 atom stereocenters. The van der Waals surface area contributed by atoms with Gasteiger partial charge in [0.2, 0.25) is 11.9 Å². The highest BCUT2D eigenvalue weighted by atomic mass is 35.5. The zero-order valence-corrected chi connectivity index (χ0v) is 21.6. The number of aromatic nitrogens is 2. The van der Waals surface area contributed by atoms with Crippen LogP contribution in [0.5, 0.6) is 11.5 Å². The van der Waals surface area contributed by atoms with Crippen molar-refractivity contribution < 1.29 is 19.1 Å². The van der Waals surface area contributed by atoms with Crippen molar-refractivity contribution in [2.45, 2.75) is 6.92 Å². The van der Waals surface area contributed by atoms with Crippen molar-refractivity contribution in [3.8, 4) is 28.4 Å². The highest BCUT2D eigenvalue weighted by Crippen LogP contribution is 2.30. The molecule has 0 bridgehead atoms. The van der Waals surface area contributed by atoms with Crippen LogP contribution in [0.4, 0.5) is 5.95 Å². The van der Waals surface area contributed by atoms with E-state index in [1.165, 1.54) is 16.2 Å². The summed E-state index contributed by atoms with van der Waals surface area (Å²) >= 11 is 7.39. The van der Waals surface area contributed by atoms with Crippen LogP contribution in [0.3, 0.4) is 0 Å². The normalized spacial score (nSPS) is 10.7. The summed E-state index contributed by atoms with van der Waals surface area (Å²) in [6.45, 7) is 2.11. The maximum absolute atomic E-state index is 13.1. The van der Waals surface area contributed by atoms with Crippen molar-refractivity contribution in [2.24, 2.45) is 0 Å². The highest BCUT2D eigenvalue weighted by molar-refractivity contribution is 7.12. The number of ether oxygens (including phenoxy) is 2. The summed E-state index contributed by atoms with van der Waals surface area (Å²) in [5.41, 5.74) is 2.13. The summed E-state index contributed by atoms with van der Waals surface area (Å²) < 4.78 is 12.6. The molecule has 36 heavy (non-hydrogen) atoms. The van der Waals surface area contributed by atoms with Crippen molar-refractivity contribution in [3.63, 3.8) is 0 Å². The molecule has 0 saturated carbocycles. The molecule has 186 valence electrons. The molecule has 4 aromatic rings. The monoisotopic (exact) mass is 524 g/mol. The van der Waals surface area contributed by atoms with E-state index in [0.717, 1.165) is 5.56 Å². The molecule has 0 fully saturated rings. The Morgan fingerprint density at radius 1 is 1.08 bits per heavy atom. The Morgan fingerprint density at radius 3 is 2.36 bits per heavy atom. The molecule has 10 heteroatoms. The Balaban J connectivity index is 1.67. The number of likely N-dealkylation sites (N-methyl/N-ethyl adjacent to an activating group) is 1. The van der Waals surface area contributed by atoms with Gasteiger partial charge in [0.25, 0.3) is 5.91 Å². The molecule has 0 radical (unpaired) electrons. The van der Waals surface area contributed by atoms with Crippen LogP contribution in [0.15, 0.2) is 66.2 Å². The van der Waals surface area contributed by atoms with Gasteiger partial charge in [-0.2, -0.15) is 0 Å². The number of hydrogen-bond donors (Lipinski definition) is 1. The molecular weight excluding hydrogens is 500 g/mol. The number of imidazole rings is 1. The number of nitrogens with zero attached hydrogens (tertiary/aromatic N) is 3. The summed E-state index contributed by atoms with van der Waals surface area (Å²) in [6.07, 6.45) is 1.81. The lowest BCUT2D eigenvalue weighted by Gasteiger charge is -2.19. The maximum atomic E-state index is 13.1. The predicted octanol–water partition coefficient (Wildman–Crippen LogP) is 5.37. The Morgan fingerprint density at radius 2 is 1.78 bits per heavy atom. The number of rotatable bonds is 9. The van der Waals surface area contributed by atoms with Gasteiger partial charge in [0.05, 0.1) is 30.5 Å². The van der Waals surface area contributed by atoms with E-state index in [1.54, 1.807) is 49.2 Å². The largest absolute Gasteiger partial charge is 0.497 e. The highest BCUT2D eigenvalue weighted by Gasteiger charge is 2.21. The van der Waals surface area contributed by atoms with Gasteiger partial charge >= 0.3 is 0 Å². The molecule has 2 aromatic heterocycles. The van der Waals surface area contributed by atoms with Crippen LogP contribution < -0.4 is 14.8 Å². The second-order valence-electron chi connectivity index (χ2n) is 7.74. The van der Waals surface area contributed by atoms with Crippen LogP contribution in [-0.2, 0) is 4.79 Å². The molecule has 2 amide bonds. The molecule has 0 aliphatic carbocycles. The minimum atomic E-state index is -0.369. The summed E-state index contributed by atoms with van der Waals surface area (Å²) in [5, 5.41) is 5.31. The molecular formula is C26H25ClN4O4S. The zero-order valence-electron chi connectivity index (χ0n) is 20.0. The molecule has 2 heterocycles. The first-order chi connectivity index (χ1) is 17.4. The Bertz CT molecular complexity index is 1330. The molecule has 0 saturated heterocycles. The van der Waals surface area contributed by atoms with Gasteiger partial charge in [-0.3, -0.25) is 19.5 Å². The standard InChI is InChI=1S/C26H25ClN4O4S/c1-4-30(25(33)23-6-5-11-36-23)16-24(32)29-26-28-22(17-7-9-18(27)10-8-17)15-31(26)19-12-20(34-2)14-21(13-19)35-3/h5-15H,4,16H2,1-3H3,(H,28,29,32). The Labute approximate surface area is 218 Å². The van der Waals surface area contributed by atoms with E-state index in [0.29, 0.717) is 45.3 Å². The Hall–Kier alpha value is -3.82. The third-order valence-corrected chi connectivity index (χ3v) is 6.56. The molecule has 2 aromatic carbocycles. The first-order valence-electron chi connectivity index (χ1n) is 11.1. The number of amides is 2. The third kappa shape index (κ3) is 5.69. The topological polar surface area (TPSA) is 85.7 Å². The molecule has 1 N–H and O–H groups in total. The zero-order chi connectivity index (χ0) is 25.7. The van der Waals surface area contributed by atoms with Gasteiger partial charge in [0.1, 0.15) is 18.0 Å². The lowest BCUT2D eigenvalue weighted by molar-refractivity contribution is -0.116. The number of halogens is 1. The van der Waals surface area contributed by atoms with Gasteiger partial charge in [0.15, 0.2) is 0 Å². The van der Waals surface area contributed by atoms with E-state index >= 15 is 0 Å². The smallest absolute Gasteiger partial charge is 0.264 e. The predicted molar refractivity (Wildman–Crippen MR) is 142 cm³/mol. The van der Waals surface area contributed by atoms with Crippen molar-refractivity contribution in [1.82, 2.24) is 14.5 Å². The molecule has 8 nitrogen and oxygen atoms in total. The lowest BCUT2D eigenvalue weighted by Crippen LogP contribution is -2.37. The number of benzene rings is 2. The van der Waals surface area contributed by atoms with E-state index < -0.39 is 0 Å². The number of nitrogens with one attached hydrogen (secondary N) is 1. The fourth-order valence-corrected chi connectivity index (χ4v) is 4.39. The quantitative estimate of drug-likeness (QED) is 0.318. The number of anilines is 1. The first-order valence-corrected chi connectivity index (χ1v) is 12.4. The number of carbonyl (C=O) groups excluding carboxylic acids is 2. The van der Waals surface area contributed by atoms with Crippen LogP contribution >= 0.6 is 22.9 Å². The number of hydrogen-bond acceptors (Lipinski definition) is 6. The minimum Gasteiger partial charge on any atom is -0.497 e. The average molecular weight is 525 g/mol. The molecule has 4 rings (SSSR count). The van der Waals surface area contributed by atoms with Crippen LogP contribution in [-0.4, -0.2) is 53.6 Å². The number of carbonyl (C=O) groups is 2. The molecule has 0 aliphatic heterocycles. The lowest BCUT2D eigenvalue weighted by atomic mass is 10.2. The SMILES string of the molecule is CCN(CC(=O)Nc1nc(-c2ccc(Cl)cc2)cn1-c1cc(OC)cc(OC)c1)C(=O)c1cccs1. The van der Waals surface area contributed by atoms with Crippen LogP contribution in [0.1, 0.15) is 16.6 Å². The summed E-state index contributed by atoms with van der Waals surface area (Å²) in [5.74, 6) is 0.903. The van der Waals surface area contributed by atoms with Gasteiger partial charge in [0, 0.05) is 41.5 Å². The van der Waals surface area contributed by atoms with Crippen molar-refractivity contribution in [2.75, 3.05) is 32.6 Å². The van der Waals surface area contributed by atoms with Crippen LogP contribution in [0.25, 0.3) is 16.9 Å². The third-order valence-electron chi connectivity index (χ3n) is 5.45. The van der Waals surface area contributed by atoms with Crippen LogP contribution in [0, 0.1) is 0 Å². The van der Waals surface area contributed by atoms with Gasteiger partial charge in [-0.05, 0) is 30.5 Å². The molecule has 0 aliphatic rings. The van der Waals surface area contributed by atoms with E-state index in [4.69, 9.17) is 21.1 Å². The summed E-state index contributed by atoms with van der Waals surface area (Å²) in [7, 11) is 3.14. The van der Waals surface area contributed by atoms with Crippen molar-refractivity contribution >= 4 is 40.7 Å². The van der Waals surface area contributed by atoms with E-state index in [1.807, 2.05) is 42.6 Å². The Kier molecular flexibility index (Phi) is 7.92. The summed E-state index contributed by atoms with van der Waals surface area (Å²) in [6, 6.07) is 16.2. The second kappa shape index (κ2) is 11.3.